The summed E-state index contributed by atoms with van der Waals surface area (Å²) in [6.45, 7) is 2.70. The molecule has 0 saturated heterocycles. The number of nitrogens with zero attached hydrogens (tertiary/aromatic N) is 1. The number of hydrogen-bond acceptors (Lipinski definition) is 3. The molecule has 1 aromatic rings. The van der Waals surface area contributed by atoms with Gasteiger partial charge in [-0.2, -0.15) is 0 Å². The van der Waals surface area contributed by atoms with Gasteiger partial charge in [-0.25, -0.2) is 0 Å². The molecule has 18 heavy (non-hydrogen) atoms. The average molecular weight is 251 g/mol. The molecular weight excluding hydrogens is 230 g/mol. The maximum absolute atomic E-state index is 11.7. The van der Waals surface area contributed by atoms with Gasteiger partial charge in [-0.1, -0.05) is 0 Å². The Kier molecular flexibility index (Phi) is 5.49. The van der Waals surface area contributed by atoms with E-state index in [0.717, 1.165) is 23.6 Å². The van der Waals surface area contributed by atoms with Crippen LogP contribution in [0.1, 0.15) is 18.9 Å². The molecule has 0 radical (unpaired) electrons. The molecule has 0 saturated carbocycles. The number of aryl methyl sites for hydroxylation is 1. The van der Waals surface area contributed by atoms with Crippen LogP contribution in [-0.2, 0) is 11.2 Å². The van der Waals surface area contributed by atoms with Crippen molar-refractivity contribution in [3.05, 3.63) is 23.8 Å². The van der Waals surface area contributed by atoms with Crippen LogP contribution in [0.2, 0.25) is 0 Å². The van der Waals surface area contributed by atoms with E-state index < -0.39 is 0 Å². The lowest BCUT2D eigenvalue weighted by atomic mass is 10.1. The largest absolute Gasteiger partial charge is 0.497 e. The SMILES string of the molecule is CCN(C)C(=O)CCc1cc(OC)cc(OC)c1. The maximum Gasteiger partial charge on any atom is 0.222 e. The summed E-state index contributed by atoms with van der Waals surface area (Å²) in [5.41, 5.74) is 1.05. The first kappa shape index (κ1) is 14.4. The normalized spacial score (nSPS) is 10.0. The van der Waals surface area contributed by atoms with Crippen LogP contribution in [0.25, 0.3) is 0 Å². The Morgan fingerprint density at radius 1 is 1.17 bits per heavy atom. The molecule has 0 fully saturated rings. The van der Waals surface area contributed by atoms with Crippen molar-refractivity contribution in [2.75, 3.05) is 27.8 Å². The van der Waals surface area contributed by atoms with Gasteiger partial charge in [0.1, 0.15) is 11.5 Å². The lowest BCUT2D eigenvalue weighted by molar-refractivity contribution is -0.129. The Morgan fingerprint density at radius 3 is 2.17 bits per heavy atom. The summed E-state index contributed by atoms with van der Waals surface area (Å²) in [6.07, 6.45) is 1.19. The second kappa shape index (κ2) is 6.89. The first-order valence-corrected chi connectivity index (χ1v) is 6.06. The van der Waals surface area contributed by atoms with Crippen LogP contribution in [0.3, 0.4) is 0 Å². The van der Waals surface area contributed by atoms with Gasteiger partial charge in [-0.15, -0.1) is 0 Å². The lowest BCUT2D eigenvalue weighted by Gasteiger charge is -2.14. The van der Waals surface area contributed by atoms with Crippen molar-refractivity contribution in [3.63, 3.8) is 0 Å². The molecule has 0 atom stereocenters. The molecule has 4 heteroatoms. The minimum Gasteiger partial charge on any atom is -0.497 e. The Balaban J connectivity index is 2.69. The van der Waals surface area contributed by atoms with Crippen molar-refractivity contribution < 1.29 is 14.3 Å². The molecule has 100 valence electrons. The maximum atomic E-state index is 11.7. The molecule has 1 rings (SSSR count). The van der Waals surface area contributed by atoms with Crippen LogP contribution in [0.15, 0.2) is 18.2 Å². The highest BCUT2D eigenvalue weighted by atomic mass is 16.5. The van der Waals surface area contributed by atoms with Crippen molar-refractivity contribution in [1.29, 1.82) is 0 Å². The number of benzene rings is 1. The van der Waals surface area contributed by atoms with Crippen LogP contribution in [-0.4, -0.2) is 38.6 Å². The molecule has 0 N–H and O–H groups in total. The predicted molar refractivity (Wildman–Crippen MR) is 71.2 cm³/mol. The number of rotatable bonds is 6. The Hall–Kier alpha value is -1.71. The monoisotopic (exact) mass is 251 g/mol. The van der Waals surface area contributed by atoms with Gasteiger partial charge in [-0.3, -0.25) is 4.79 Å². The highest BCUT2D eigenvalue weighted by Crippen LogP contribution is 2.23. The molecule has 0 aliphatic heterocycles. The molecular formula is C14H21NO3. The van der Waals surface area contributed by atoms with Gasteiger partial charge in [-0.05, 0) is 31.0 Å². The van der Waals surface area contributed by atoms with E-state index in [4.69, 9.17) is 9.47 Å². The number of carbonyl (C=O) groups is 1. The molecule has 0 unspecified atom stereocenters. The van der Waals surface area contributed by atoms with Crippen LogP contribution < -0.4 is 9.47 Å². The fraction of sp³-hybridized carbons (Fsp3) is 0.500. The van der Waals surface area contributed by atoms with E-state index in [9.17, 15) is 4.79 Å². The van der Waals surface area contributed by atoms with Crippen LogP contribution in [0.4, 0.5) is 0 Å². The second-order valence-corrected chi connectivity index (χ2v) is 4.13. The van der Waals surface area contributed by atoms with Gasteiger partial charge >= 0.3 is 0 Å². The van der Waals surface area contributed by atoms with E-state index in [1.54, 1.807) is 19.1 Å². The van der Waals surface area contributed by atoms with Crippen molar-refractivity contribution in [2.24, 2.45) is 0 Å². The molecule has 0 heterocycles. The van der Waals surface area contributed by atoms with E-state index in [1.165, 1.54) is 0 Å². The molecule has 0 spiro atoms. The predicted octanol–water partition coefficient (Wildman–Crippen LogP) is 2.11. The summed E-state index contributed by atoms with van der Waals surface area (Å²) in [5.74, 6) is 1.65. The first-order chi connectivity index (χ1) is 8.60. The summed E-state index contributed by atoms with van der Waals surface area (Å²) in [4.78, 5) is 13.4. The van der Waals surface area contributed by atoms with E-state index in [1.807, 2.05) is 32.2 Å². The summed E-state index contributed by atoms with van der Waals surface area (Å²) >= 11 is 0. The second-order valence-electron chi connectivity index (χ2n) is 4.13. The van der Waals surface area contributed by atoms with Crippen LogP contribution in [0.5, 0.6) is 11.5 Å². The zero-order chi connectivity index (χ0) is 13.5. The van der Waals surface area contributed by atoms with Crippen molar-refractivity contribution in [1.82, 2.24) is 4.90 Å². The van der Waals surface area contributed by atoms with Gasteiger partial charge in [0.15, 0.2) is 0 Å². The molecule has 0 aliphatic rings. The summed E-state index contributed by atoms with van der Waals surface area (Å²) in [5, 5.41) is 0. The smallest absolute Gasteiger partial charge is 0.222 e. The molecule has 0 aromatic heterocycles. The van der Waals surface area contributed by atoms with Gasteiger partial charge in [0.25, 0.3) is 0 Å². The van der Waals surface area contributed by atoms with E-state index in [2.05, 4.69) is 0 Å². The fourth-order valence-electron chi connectivity index (χ4n) is 1.63. The molecule has 0 bridgehead atoms. The Labute approximate surface area is 108 Å². The number of carbonyl (C=O) groups excluding carboxylic acids is 1. The van der Waals surface area contributed by atoms with Gasteiger partial charge < -0.3 is 14.4 Å². The summed E-state index contributed by atoms with van der Waals surface area (Å²) in [7, 11) is 5.05. The number of hydrogen-bond donors (Lipinski definition) is 0. The lowest BCUT2D eigenvalue weighted by Crippen LogP contribution is -2.26. The third kappa shape index (κ3) is 3.95. The van der Waals surface area contributed by atoms with Crippen LogP contribution in [0, 0.1) is 0 Å². The zero-order valence-electron chi connectivity index (χ0n) is 11.5. The highest BCUT2D eigenvalue weighted by molar-refractivity contribution is 5.76. The molecule has 1 amide bonds. The van der Waals surface area contributed by atoms with Crippen molar-refractivity contribution >= 4 is 5.91 Å². The standard InChI is InChI=1S/C14H21NO3/c1-5-15(2)14(16)7-6-11-8-12(17-3)10-13(9-11)18-4/h8-10H,5-7H2,1-4H3. The van der Waals surface area contributed by atoms with Gasteiger partial charge in [0.05, 0.1) is 14.2 Å². The summed E-state index contributed by atoms with van der Waals surface area (Å²) < 4.78 is 10.4. The van der Waals surface area contributed by atoms with Gasteiger partial charge in [0.2, 0.25) is 5.91 Å². The number of amides is 1. The fourth-order valence-corrected chi connectivity index (χ4v) is 1.63. The molecule has 0 aliphatic carbocycles. The Bertz CT molecular complexity index is 382. The Morgan fingerprint density at radius 2 is 1.72 bits per heavy atom. The van der Waals surface area contributed by atoms with E-state index >= 15 is 0 Å². The minimum absolute atomic E-state index is 0.152. The topological polar surface area (TPSA) is 38.8 Å². The minimum atomic E-state index is 0.152. The van der Waals surface area contributed by atoms with E-state index in [0.29, 0.717) is 12.8 Å². The van der Waals surface area contributed by atoms with Crippen LogP contribution >= 0.6 is 0 Å². The molecule has 1 aromatic carbocycles. The van der Waals surface area contributed by atoms with Gasteiger partial charge in [0, 0.05) is 26.1 Å². The zero-order valence-corrected chi connectivity index (χ0v) is 11.5. The third-order valence-corrected chi connectivity index (χ3v) is 2.94. The highest BCUT2D eigenvalue weighted by Gasteiger charge is 2.08. The quantitative estimate of drug-likeness (QED) is 0.777. The van der Waals surface area contributed by atoms with E-state index in [-0.39, 0.29) is 5.91 Å². The number of methoxy groups -OCH3 is 2. The first-order valence-electron chi connectivity index (χ1n) is 6.06. The average Bonchev–Trinajstić information content (AvgIpc) is 2.43. The molecule has 4 nitrogen and oxygen atoms in total. The summed E-state index contributed by atoms with van der Waals surface area (Å²) in [6, 6.07) is 5.69. The number of ether oxygens (including phenoxy) is 2. The van der Waals surface area contributed by atoms with Crippen molar-refractivity contribution in [3.8, 4) is 11.5 Å². The van der Waals surface area contributed by atoms with Crippen molar-refractivity contribution in [2.45, 2.75) is 19.8 Å². The third-order valence-electron chi connectivity index (χ3n) is 2.94.